The molecule has 1 aromatic carbocycles. The molecule has 1 aliphatic heterocycles. The average Bonchev–Trinajstić information content (AvgIpc) is 2.75. The number of nitrogens with one attached hydrogen (secondary N) is 2. The predicted molar refractivity (Wildman–Crippen MR) is 98.4 cm³/mol. The number of imide groups is 1. The third-order valence-corrected chi connectivity index (χ3v) is 5.45. The van der Waals surface area contributed by atoms with Crippen molar-refractivity contribution in [3.05, 3.63) is 27.8 Å². The summed E-state index contributed by atoms with van der Waals surface area (Å²) in [5.41, 5.74) is -0.147. The number of carbonyl (C=O) groups excluding carboxylic acids is 3. The number of hydrogen-bond donors (Lipinski definition) is 2. The van der Waals surface area contributed by atoms with Gasteiger partial charge in [-0.15, -0.1) is 0 Å². The lowest BCUT2D eigenvalue weighted by molar-refractivity contribution is -0.135. The Morgan fingerprint density at radius 1 is 1.38 bits per heavy atom. The number of nitrogens with zero attached hydrogens (tertiary/aromatic N) is 1. The molecule has 1 saturated carbocycles. The van der Waals surface area contributed by atoms with Gasteiger partial charge in [-0.25, -0.2) is 4.79 Å². The number of amides is 4. The molecule has 0 atom stereocenters. The summed E-state index contributed by atoms with van der Waals surface area (Å²) >= 11 is 2.16. The molecule has 3 rings (SSSR count). The van der Waals surface area contributed by atoms with E-state index in [4.69, 9.17) is 0 Å². The van der Waals surface area contributed by atoms with Gasteiger partial charge in [0.1, 0.15) is 12.1 Å². The molecule has 0 unspecified atom stereocenters. The van der Waals surface area contributed by atoms with Gasteiger partial charge < -0.3 is 10.6 Å². The molecule has 0 radical (unpaired) electrons. The molecule has 2 aliphatic rings. The van der Waals surface area contributed by atoms with Crippen molar-refractivity contribution in [3.8, 4) is 0 Å². The molecule has 6 nitrogen and oxygen atoms in total. The van der Waals surface area contributed by atoms with Gasteiger partial charge in [-0.3, -0.25) is 14.5 Å². The maximum atomic E-state index is 12.7. The zero-order valence-corrected chi connectivity index (χ0v) is 15.6. The minimum atomic E-state index is -0.800. The Kier molecular flexibility index (Phi) is 4.80. The van der Waals surface area contributed by atoms with Gasteiger partial charge in [-0.2, -0.15) is 0 Å². The molecular formula is C17H20IN3O3. The first-order valence-electron chi connectivity index (χ1n) is 8.09. The standard InChI is InChI=1S/C17H20IN3O3/c1-11-5-7-17(8-6-11)15(23)21(16(24)20-17)10-14(22)19-13-4-2-3-12(18)9-13/h2-4,9,11H,5-8,10H2,1H3,(H,19,22)(H,20,24). The van der Waals surface area contributed by atoms with Crippen LogP contribution in [-0.2, 0) is 9.59 Å². The highest BCUT2D eigenvalue weighted by Gasteiger charge is 2.52. The van der Waals surface area contributed by atoms with Crippen LogP contribution in [-0.4, -0.2) is 34.8 Å². The number of carbonyl (C=O) groups is 3. The maximum Gasteiger partial charge on any atom is 0.325 e. The minimum absolute atomic E-state index is 0.257. The Labute approximate surface area is 154 Å². The van der Waals surface area contributed by atoms with Crippen LogP contribution in [0.3, 0.4) is 0 Å². The fourth-order valence-electron chi connectivity index (χ4n) is 3.32. The van der Waals surface area contributed by atoms with Crippen molar-refractivity contribution in [2.75, 3.05) is 11.9 Å². The Morgan fingerprint density at radius 3 is 2.75 bits per heavy atom. The summed E-state index contributed by atoms with van der Waals surface area (Å²) in [5.74, 6) is -0.0721. The topological polar surface area (TPSA) is 78.5 Å². The van der Waals surface area contributed by atoms with Crippen molar-refractivity contribution in [1.82, 2.24) is 10.2 Å². The first-order chi connectivity index (χ1) is 11.4. The molecule has 0 bridgehead atoms. The van der Waals surface area contributed by atoms with E-state index in [0.29, 0.717) is 24.4 Å². The normalized spacial score (nSPS) is 26.6. The monoisotopic (exact) mass is 441 g/mol. The van der Waals surface area contributed by atoms with Gasteiger partial charge in [0.2, 0.25) is 5.91 Å². The fraction of sp³-hybridized carbons (Fsp3) is 0.471. The third-order valence-electron chi connectivity index (χ3n) is 4.78. The van der Waals surface area contributed by atoms with Gasteiger partial charge in [-0.1, -0.05) is 13.0 Å². The zero-order chi connectivity index (χ0) is 17.3. The third kappa shape index (κ3) is 3.40. The Hall–Kier alpha value is -1.64. The van der Waals surface area contributed by atoms with E-state index in [9.17, 15) is 14.4 Å². The SMILES string of the molecule is CC1CCC2(CC1)NC(=O)N(CC(=O)Nc1cccc(I)c1)C2=O. The summed E-state index contributed by atoms with van der Waals surface area (Å²) in [7, 11) is 0. The van der Waals surface area contributed by atoms with E-state index >= 15 is 0 Å². The fourth-order valence-corrected chi connectivity index (χ4v) is 3.87. The molecule has 2 fully saturated rings. The highest BCUT2D eigenvalue weighted by molar-refractivity contribution is 14.1. The largest absolute Gasteiger partial charge is 0.325 e. The van der Waals surface area contributed by atoms with Gasteiger partial charge in [0.15, 0.2) is 0 Å². The zero-order valence-electron chi connectivity index (χ0n) is 13.5. The predicted octanol–water partition coefficient (Wildman–Crippen LogP) is 2.73. The lowest BCUT2D eigenvalue weighted by Crippen LogP contribution is -2.49. The summed E-state index contributed by atoms with van der Waals surface area (Å²) in [4.78, 5) is 38.1. The molecule has 4 amide bonds. The number of hydrogen-bond acceptors (Lipinski definition) is 3. The second-order valence-electron chi connectivity index (χ2n) is 6.64. The van der Waals surface area contributed by atoms with E-state index in [1.807, 2.05) is 18.2 Å². The van der Waals surface area contributed by atoms with Crippen LogP contribution in [0.2, 0.25) is 0 Å². The van der Waals surface area contributed by atoms with Crippen LogP contribution in [0.1, 0.15) is 32.6 Å². The molecule has 1 spiro atoms. The molecule has 7 heteroatoms. The van der Waals surface area contributed by atoms with Crippen molar-refractivity contribution in [2.24, 2.45) is 5.92 Å². The molecule has 1 aromatic rings. The van der Waals surface area contributed by atoms with E-state index in [0.717, 1.165) is 21.3 Å². The van der Waals surface area contributed by atoms with Crippen molar-refractivity contribution in [2.45, 2.75) is 38.1 Å². The van der Waals surface area contributed by atoms with Crippen LogP contribution < -0.4 is 10.6 Å². The molecule has 1 heterocycles. The highest BCUT2D eigenvalue weighted by Crippen LogP contribution is 2.36. The van der Waals surface area contributed by atoms with Crippen molar-refractivity contribution in [1.29, 1.82) is 0 Å². The summed E-state index contributed by atoms with van der Waals surface area (Å²) < 4.78 is 0.996. The van der Waals surface area contributed by atoms with Gasteiger partial charge >= 0.3 is 6.03 Å². The molecular weight excluding hydrogens is 421 g/mol. The smallest absolute Gasteiger partial charge is 0.324 e. The van der Waals surface area contributed by atoms with Gasteiger partial charge in [0.05, 0.1) is 0 Å². The molecule has 24 heavy (non-hydrogen) atoms. The van der Waals surface area contributed by atoms with E-state index in [2.05, 4.69) is 40.1 Å². The number of halogens is 1. The number of urea groups is 1. The van der Waals surface area contributed by atoms with Crippen LogP contribution in [0, 0.1) is 9.49 Å². The first-order valence-corrected chi connectivity index (χ1v) is 9.17. The second-order valence-corrected chi connectivity index (χ2v) is 7.89. The quantitative estimate of drug-likeness (QED) is 0.560. The van der Waals surface area contributed by atoms with E-state index < -0.39 is 11.6 Å². The van der Waals surface area contributed by atoms with Crippen molar-refractivity contribution in [3.63, 3.8) is 0 Å². The van der Waals surface area contributed by atoms with Crippen LogP contribution in [0.25, 0.3) is 0 Å². The summed E-state index contributed by atoms with van der Waals surface area (Å²) in [6.45, 7) is 1.90. The molecule has 1 aliphatic carbocycles. The summed E-state index contributed by atoms with van der Waals surface area (Å²) in [5, 5.41) is 5.56. The minimum Gasteiger partial charge on any atom is -0.324 e. The molecule has 2 N–H and O–H groups in total. The maximum absolute atomic E-state index is 12.7. The number of anilines is 1. The van der Waals surface area contributed by atoms with E-state index in [1.165, 1.54) is 0 Å². The Bertz CT molecular complexity index is 683. The van der Waals surface area contributed by atoms with Crippen LogP contribution >= 0.6 is 22.6 Å². The lowest BCUT2D eigenvalue weighted by atomic mass is 9.77. The van der Waals surface area contributed by atoms with Crippen LogP contribution in [0.4, 0.5) is 10.5 Å². The summed E-state index contributed by atoms with van der Waals surface area (Å²) in [6, 6.07) is 6.89. The molecule has 0 aromatic heterocycles. The van der Waals surface area contributed by atoms with Crippen molar-refractivity contribution >= 4 is 46.1 Å². The highest BCUT2D eigenvalue weighted by atomic mass is 127. The van der Waals surface area contributed by atoms with Gasteiger partial charge in [-0.05, 0) is 72.4 Å². The Morgan fingerprint density at radius 2 is 2.08 bits per heavy atom. The van der Waals surface area contributed by atoms with Crippen molar-refractivity contribution < 1.29 is 14.4 Å². The van der Waals surface area contributed by atoms with E-state index in [-0.39, 0.29) is 18.4 Å². The van der Waals surface area contributed by atoms with Crippen LogP contribution in [0.15, 0.2) is 24.3 Å². The molecule has 128 valence electrons. The number of rotatable bonds is 3. The van der Waals surface area contributed by atoms with E-state index in [1.54, 1.807) is 6.07 Å². The second kappa shape index (κ2) is 6.70. The van der Waals surface area contributed by atoms with Gasteiger partial charge in [0, 0.05) is 9.26 Å². The lowest BCUT2D eigenvalue weighted by Gasteiger charge is -2.33. The number of benzene rings is 1. The van der Waals surface area contributed by atoms with Crippen LogP contribution in [0.5, 0.6) is 0 Å². The first kappa shape index (κ1) is 17.2. The Balaban J connectivity index is 1.65. The average molecular weight is 441 g/mol. The summed E-state index contributed by atoms with van der Waals surface area (Å²) in [6.07, 6.45) is 3.12. The molecule has 1 saturated heterocycles. The van der Waals surface area contributed by atoms with Gasteiger partial charge in [0.25, 0.3) is 5.91 Å².